The van der Waals surface area contributed by atoms with E-state index in [1.165, 1.54) is 0 Å². The van der Waals surface area contributed by atoms with Crippen molar-refractivity contribution >= 4 is 23.1 Å². The summed E-state index contributed by atoms with van der Waals surface area (Å²) in [5, 5.41) is 18.1. The van der Waals surface area contributed by atoms with Crippen molar-refractivity contribution in [1.29, 1.82) is 0 Å². The van der Waals surface area contributed by atoms with Crippen LogP contribution < -0.4 is 0 Å². The molecule has 0 unspecified atom stereocenters. The van der Waals surface area contributed by atoms with E-state index in [4.69, 9.17) is 4.74 Å². The number of aromatic hydroxyl groups is 1. The van der Waals surface area contributed by atoms with Crippen LogP contribution in [0.15, 0.2) is 46.8 Å². The first kappa shape index (κ1) is 17.6. The van der Waals surface area contributed by atoms with E-state index in [9.17, 15) is 9.90 Å². The quantitative estimate of drug-likeness (QED) is 0.551. The number of fused-ring (bicyclic) bond motifs is 1. The largest absolute Gasteiger partial charge is 0.508 e. The Kier molecular flexibility index (Phi) is 4.97. The van der Waals surface area contributed by atoms with Gasteiger partial charge in [0.2, 0.25) is 0 Å². The summed E-state index contributed by atoms with van der Waals surface area (Å²) in [6.45, 7) is 5.89. The molecular formula is C19H20N4O3. The van der Waals surface area contributed by atoms with Crippen molar-refractivity contribution in [1.82, 2.24) is 9.38 Å². The molecule has 0 saturated carbocycles. The Labute approximate surface area is 151 Å². The van der Waals surface area contributed by atoms with Gasteiger partial charge in [-0.1, -0.05) is 0 Å². The molecule has 0 radical (unpaired) electrons. The average Bonchev–Trinajstić information content (AvgIpc) is 2.90. The van der Waals surface area contributed by atoms with E-state index < -0.39 is 0 Å². The van der Waals surface area contributed by atoms with Crippen LogP contribution in [0.5, 0.6) is 5.75 Å². The van der Waals surface area contributed by atoms with Gasteiger partial charge in [0, 0.05) is 6.20 Å². The van der Waals surface area contributed by atoms with Gasteiger partial charge in [0.15, 0.2) is 5.82 Å². The molecule has 26 heavy (non-hydrogen) atoms. The number of carbonyl (C=O) groups is 1. The Balaban J connectivity index is 2.04. The lowest BCUT2D eigenvalue weighted by Crippen LogP contribution is -2.07. The number of benzene rings is 1. The Bertz CT molecular complexity index is 992. The number of azo groups is 1. The van der Waals surface area contributed by atoms with Crippen LogP contribution in [0.3, 0.4) is 0 Å². The maximum absolute atomic E-state index is 11.9. The zero-order chi connectivity index (χ0) is 18.7. The number of aryl methyl sites for hydroxylation is 2. The Morgan fingerprint density at radius 3 is 2.77 bits per heavy atom. The molecule has 7 nitrogen and oxygen atoms in total. The minimum absolute atomic E-state index is 0.0253. The summed E-state index contributed by atoms with van der Waals surface area (Å²) >= 11 is 0. The second-order valence-corrected chi connectivity index (χ2v) is 5.97. The summed E-state index contributed by atoms with van der Waals surface area (Å²) in [4.78, 5) is 16.4. The van der Waals surface area contributed by atoms with Crippen LogP contribution in [0.4, 0.5) is 11.5 Å². The van der Waals surface area contributed by atoms with Crippen molar-refractivity contribution in [2.45, 2.75) is 27.2 Å². The van der Waals surface area contributed by atoms with E-state index in [2.05, 4.69) is 15.2 Å². The van der Waals surface area contributed by atoms with Crippen LogP contribution in [0.2, 0.25) is 0 Å². The van der Waals surface area contributed by atoms with Gasteiger partial charge in [0.05, 0.1) is 24.4 Å². The number of aromatic nitrogens is 2. The highest BCUT2D eigenvalue weighted by Crippen LogP contribution is 2.28. The molecule has 2 heterocycles. The first-order chi connectivity index (χ1) is 12.5. The third kappa shape index (κ3) is 3.72. The molecule has 3 rings (SSSR count). The van der Waals surface area contributed by atoms with Crippen molar-refractivity contribution in [3.8, 4) is 5.75 Å². The van der Waals surface area contributed by atoms with Crippen molar-refractivity contribution < 1.29 is 14.6 Å². The summed E-state index contributed by atoms with van der Waals surface area (Å²) in [5.74, 6) is 0.306. The molecule has 134 valence electrons. The lowest BCUT2D eigenvalue weighted by atomic mass is 10.2. The lowest BCUT2D eigenvalue weighted by molar-refractivity contribution is -0.142. The van der Waals surface area contributed by atoms with Crippen LogP contribution in [-0.4, -0.2) is 27.1 Å². The molecule has 0 saturated heterocycles. The Hall–Kier alpha value is -3.22. The fourth-order valence-electron chi connectivity index (χ4n) is 2.61. The Morgan fingerprint density at radius 2 is 2.04 bits per heavy atom. The van der Waals surface area contributed by atoms with E-state index in [0.717, 1.165) is 11.1 Å². The van der Waals surface area contributed by atoms with E-state index in [-0.39, 0.29) is 18.1 Å². The highest BCUT2D eigenvalue weighted by Gasteiger charge is 2.16. The topological polar surface area (TPSA) is 88.5 Å². The number of hydrogen-bond acceptors (Lipinski definition) is 6. The maximum atomic E-state index is 11.9. The predicted octanol–water partition coefficient (Wildman–Crippen LogP) is 4.18. The van der Waals surface area contributed by atoms with Gasteiger partial charge in [0.1, 0.15) is 11.4 Å². The van der Waals surface area contributed by atoms with Crippen molar-refractivity contribution in [3.63, 3.8) is 0 Å². The summed E-state index contributed by atoms with van der Waals surface area (Å²) in [6.07, 6.45) is 1.88. The number of hydrogen-bond donors (Lipinski definition) is 1. The lowest BCUT2D eigenvalue weighted by Gasteiger charge is -2.02. The molecule has 0 bridgehead atoms. The second-order valence-electron chi connectivity index (χ2n) is 5.97. The molecule has 7 heteroatoms. The summed E-state index contributed by atoms with van der Waals surface area (Å²) in [7, 11) is 0. The number of ether oxygens (including phenoxy) is 1. The van der Waals surface area contributed by atoms with Gasteiger partial charge in [-0.3, -0.25) is 9.20 Å². The zero-order valence-corrected chi connectivity index (χ0v) is 14.9. The van der Waals surface area contributed by atoms with E-state index in [1.54, 1.807) is 29.5 Å². The van der Waals surface area contributed by atoms with Gasteiger partial charge in [-0.25, -0.2) is 4.98 Å². The van der Waals surface area contributed by atoms with Gasteiger partial charge in [0.25, 0.3) is 0 Å². The first-order valence-electron chi connectivity index (χ1n) is 8.32. The smallest absolute Gasteiger partial charge is 0.312 e. The van der Waals surface area contributed by atoms with Crippen LogP contribution in [0.25, 0.3) is 5.65 Å². The van der Waals surface area contributed by atoms with Crippen molar-refractivity contribution in [2.75, 3.05) is 6.61 Å². The molecule has 1 N–H and O–H groups in total. The molecule has 3 aromatic rings. The fraction of sp³-hybridized carbons (Fsp3) is 0.263. The predicted molar refractivity (Wildman–Crippen MR) is 97.3 cm³/mol. The molecular weight excluding hydrogens is 332 g/mol. The molecule has 0 aliphatic rings. The molecule has 0 atom stereocenters. The number of rotatable bonds is 5. The monoisotopic (exact) mass is 352 g/mol. The molecule has 0 fully saturated rings. The number of phenols is 1. The highest BCUT2D eigenvalue weighted by atomic mass is 16.5. The van der Waals surface area contributed by atoms with Gasteiger partial charge < -0.3 is 9.84 Å². The number of phenolic OH excluding ortho intramolecular Hbond substituents is 1. The van der Waals surface area contributed by atoms with Crippen LogP contribution in [0, 0.1) is 13.8 Å². The summed E-state index contributed by atoms with van der Waals surface area (Å²) in [5.41, 5.74) is 3.69. The van der Waals surface area contributed by atoms with E-state index >= 15 is 0 Å². The van der Waals surface area contributed by atoms with Crippen LogP contribution in [0.1, 0.15) is 23.7 Å². The molecule has 1 aromatic carbocycles. The Morgan fingerprint density at radius 1 is 1.23 bits per heavy atom. The molecule has 2 aromatic heterocycles. The minimum atomic E-state index is -0.357. The third-order valence-electron chi connectivity index (χ3n) is 3.88. The minimum Gasteiger partial charge on any atom is -0.508 e. The van der Waals surface area contributed by atoms with E-state index in [0.29, 0.717) is 29.5 Å². The van der Waals surface area contributed by atoms with Crippen molar-refractivity contribution in [3.05, 3.63) is 53.3 Å². The number of nitrogens with zero attached hydrogens (tertiary/aromatic N) is 4. The number of pyridine rings is 1. The molecule has 0 amide bonds. The molecule has 0 aliphatic carbocycles. The van der Waals surface area contributed by atoms with E-state index in [1.807, 2.05) is 32.2 Å². The first-order valence-corrected chi connectivity index (χ1v) is 8.32. The normalized spacial score (nSPS) is 11.3. The van der Waals surface area contributed by atoms with Gasteiger partial charge >= 0.3 is 5.97 Å². The maximum Gasteiger partial charge on any atom is 0.312 e. The fourth-order valence-corrected chi connectivity index (χ4v) is 2.61. The highest BCUT2D eigenvalue weighted by molar-refractivity contribution is 5.74. The SMILES string of the molecule is CCOC(=O)Cc1nc2cc(C)ccn2c1N=Nc1ccc(O)cc1C. The second kappa shape index (κ2) is 7.35. The molecule has 0 spiro atoms. The van der Waals surface area contributed by atoms with Crippen LogP contribution >= 0.6 is 0 Å². The van der Waals surface area contributed by atoms with Crippen molar-refractivity contribution in [2.24, 2.45) is 10.2 Å². The number of imidazole rings is 1. The number of carbonyl (C=O) groups excluding carboxylic acids is 1. The van der Waals surface area contributed by atoms with Gasteiger partial charge in [-0.05, 0) is 62.2 Å². The zero-order valence-electron chi connectivity index (χ0n) is 14.9. The third-order valence-corrected chi connectivity index (χ3v) is 3.88. The summed E-state index contributed by atoms with van der Waals surface area (Å²) in [6, 6.07) is 8.71. The summed E-state index contributed by atoms with van der Waals surface area (Å²) < 4.78 is 6.82. The standard InChI is InChI=1S/C19H20N4O3/c1-4-26-18(25)11-16-19(23-8-7-12(2)9-17(23)20-16)22-21-15-6-5-14(24)10-13(15)3/h5-10,24H,4,11H2,1-3H3. The average molecular weight is 352 g/mol. The van der Waals surface area contributed by atoms with Gasteiger partial charge in [-0.2, -0.15) is 0 Å². The molecule has 0 aliphatic heterocycles. The number of esters is 1. The van der Waals surface area contributed by atoms with Crippen LogP contribution in [-0.2, 0) is 16.0 Å². The van der Waals surface area contributed by atoms with Gasteiger partial charge in [-0.15, -0.1) is 10.2 Å².